The van der Waals surface area contributed by atoms with E-state index >= 15 is 0 Å². The van der Waals surface area contributed by atoms with Gasteiger partial charge in [-0.25, -0.2) is 4.79 Å². The zero-order chi connectivity index (χ0) is 14.8. The van der Waals surface area contributed by atoms with Gasteiger partial charge in [-0.15, -0.1) is 11.3 Å². The van der Waals surface area contributed by atoms with E-state index in [0.29, 0.717) is 16.0 Å². The molecule has 0 unspecified atom stereocenters. The average molecular weight is 296 g/mol. The molecule has 5 heteroatoms. The van der Waals surface area contributed by atoms with Gasteiger partial charge in [0.2, 0.25) is 0 Å². The van der Waals surface area contributed by atoms with Crippen LogP contribution in [0.3, 0.4) is 0 Å². The van der Waals surface area contributed by atoms with Crippen LogP contribution in [-0.2, 0) is 11.3 Å². The highest BCUT2D eigenvalue weighted by atomic mass is 32.1. The minimum absolute atomic E-state index is 0.0980. The monoisotopic (exact) mass is 296 g/mol. The second-order valence-corrected chi connectivity index (χ2v) is 5.56. The number of thiophene rings is 1. The molecule has 0 spiro atoms. The first kappa shape index (κ1) is 13.4. The fourth-order valence-electron chi connectivity index (χ4n) is 2.21. The lowest BCUT2D eigenvalue weighted by Gasteiger charge is -2.02. The molecule has 0 aromatic carbocycles. The van der Waals surface area contributed by atoms with Gasteiger partial charge >= 0.3 is 5.97 Å². The molecule has 0 saturated heterocycles. The summed E-state index contributed by atoms with van der Waals surface area (Å²) in [5.41, 5.74) is 2.99. The molecular weight excluding hydrogens is 284 g/mol. The maximum atomic E-state index is 12.0. The first-order valence-electron chi connectivity index (χ1n) is 6.40. The third-order valence-electron chi connectivity index (χ3n) is 3.28. The summed E-state index contributed by atoms with van der Waals surface area (Å²) in [5.74, 6) is -0.346. The maximum absolute atomic E-state index is 12.0. The van der Waals surface area contributed by atoms with E-state index in [1.54, 1.807) is 0 Å². The molecule has 0 fully saturated rings. The molecule has 21 heavy (non-hydrogen) atoms. The van der Waals surface area contributed by atoms with Gasteiger partial charge in [0.15, 0.2) is 0 Å². The van der Waals surface area contributed by atoms with Crippen molar-refractivity contribution in [2.45, 2.75) is 13.5 Å². The predicted octanol–water partition coefficient (Wildman–Crippen LogP) is 3.54. The number of aryl methyl sites for hydroxylation is 1. The van der Waals surface area contributed by atoms with Crippen molar-refractivity contribution in [3.8, 4) is 6.07 Å². The summed E-state index contributed by atoms with van der Waals surface area (Å²) >= 11 is 1.36. The molecule has 3 rings (SSSR count). The third kappa shape index (κ3) is 2.41. The van der Waals surface area contributed by atoms with Gasteiger partial charge in [0.05, 0.1) is 11.1 Å². The Balaban J connectivity index is 1.84. The van der Waals surface area contributed by atoms with Crippen molar-refractivity contribution in [3.05, 3.63) is 63.6 Å². The Bertz CT molecular complexity index is 855. The van der Waals surface area contributed by atoms with Crippen molar-refractivity contribution < 1.29 is 9.53 Å². The number of carbonyl (C=O) groups excluding carboxylic acids is 1. The number of hydrogen-bond acceptors (Lipinski definition) is 4. The largest absolute Gasteiger partial charge is 0.457 e. The first-order chi connectivity index (χ1) is 10.2. The Morgan fingerprint density at radius 1 is 1.43 bits per heavy atom. The zero-order valence-corrected chi connectivity index (χ0v) is 12.2. The van der Waals surface area contributed by atoms with Crippen LogP contribution in [0.25, 0.3) is 5.52 Å². The minimum atomic E-state index is -0.346. The van der Waals surface area contributed by atoms with E-state index in [1.807, 2.05) is 53.4 Å². The molecule has 4 nitrogen and oxygen atoms in total. The molecule has 0 saturated carbocycles. The summed E-state index contributed by atoms with van der Waals surface area (Å²) in [7, 11) is 0. The maximum Gasteiger partial charge on any atom is 0.348 e. The second-order valence-electron chi connectivity index (χ2n) is 4.64. The lowest BCUT2D eigenvalue weighted by molar-refractivity contribution is 0.0477. The lowest BCUT2D eigenvalue weighted by Crippen LogP contribution is -2.04. The van der Waals surface area contributed by atoms with E-state index in [0.717, 1.165) is 11.1 Å². The summed E-state index contributed by atoms with van der Waals surface area (Å²) < 4.78 is 7.19. The number of rotatable bonds is 3. The molecule has 3 aromatic rings. The summed E-state index contributed by atoms with van der Waals surface area (Å²) in [6, 6.07) is 9.69. The quantitative estimate of drug-likeness (QED) is 0.695. The Labute approximate surface area is 125 Å². The first-order valence-corrected chi connectivity index (χ1v) is 7.28. The molecule has 0 amide bonds. The summed E-state index contributed by atoms with van der Waals surface area (Å²) in [5, 5.41) is 11.2. The number of nitriles is 1. The molecule has 0 aliphatic rings. The van der Waals surface area contributed by atoms with Gasteiger partial charge in [-0.3, -0.25) is 0 Å². The highest BCUT2D eigenvalue weighted by molar-refractivity contribution is 7.12. The fraction of sp³-hybridized carbons (Fsp3) is 0.125. The van der Waals surface area contributed by atoms with Gasteiger partial charge < -0.3 is 9.14 Å². The highest BCUT2D eigenvalue weighted by Crippen LogP contribution is 2.21. The Kier molecular flexibility index (Phi) is 3.46. The normalized spacial score (nSPS) is 10.5. The lowest BCUT2D eigenvalue weighted by atomic mass is 10.2. The Hall–Kier alpha value is -2.58. The molecule has 0 atom stereocenters. The molecular formula is C16H12N2O2S. The van der Waals surface area contributed by atoms with Gasteiger partial charge in [-0.05, 0) is 36.1 Å². The minimum Gasteiger partial charge on any atom is -0.457 e. The van der Waals surface area contributed by atoms with E-state index in [9.17, 15) is 10.1 Å². The average Bonchev–Trinajstić information content (AvgIpc) is 3.07. The molecule has 0 bridgehead atoms. The Morgan fingerprint density at radius 3 is 3.00 bits per heavy atom. The number of esters is 1. The van der Waals surface area contributed by atoms with E-state index < -0.39 is 0 Å². The number of carbonyl (C=O) groups is 1. The van der Waals surface area contributed by atoms with Gasteiger partial charge in [0.25, 0.3) is 0 Å². The predicted molar refractivity (Wildman–Crippen MR) is 80.3 cm³/mol. The van der Waals surface area contributed by atoms with Crippen LogP contribution in [0.5, 0.6) is 0 Å². The molecule has 104 valence electrons. The van der Waals surface area contributed by atoms with E-state index in [4.69, 9.17) is 4.74 Å². The van der Waals surface area contributed by atoms with Crippen LogP contribution in [0.15, 0.2) is 42.0 Å². The molecule has 3 aromatic heterocycles. The van der Waals surface area contributed by atoms with Crippen LogP contribution in [0, 0.1) is 18.3 Å². The van der Waals surface area contributed by atoms with Crippen LogP contribution < -0.4 is 0 Å². The summed E-state index contributed by atoms with van der Waals surface area (Å²) in [6.07, 6.45) is 3.69. The molecule has 0 N–H and O–H groups in total. The van der Waals surface area contributed by atoms with Gasteiger partial charge in [-0.2, -0.15) is 5.26 Å². The van der Waals surface area contributed by atoms with Crippen LogP contribution >= 0.6 is 11.3 Å². The molecule has 3 heterocycles. The van der Waals surface area contributed by atoms with Crippen molar-refractivity contribution in [2.75, 3.05) is 0 Å². The summed E-state index contributed by atoms with van der Waals surface area (Å²) in [6.45, 7) is 1.97. The topological polar surface area (TPSA) is 54.5 Å². The number of pyridine rings is 1. The number of hydrogen-bond donors (Lipinski definition) is 0. The summed E-state index contributed by atoms with van der Waals surface area (Å²) in [4.78, 5) is 12.6. The number of ether oxygens (including phenoxy) is 1. The van der Waals surface area contributed by atoms with Gasteiger partial charge in [-0.1, -0.05) is 6.07 Å². The third-order valence-corrected chi connectivity index (χ3v) is 4.28. The van der Waals surface area contributed by atoms with E-state index in [2.05, 4.69) is 6.07 Å². The van der Waals surface area contributed by atoms with Gasteiger partial charge in [0, 0.05) is 18.0 Å². The molecule has 0 aliphatic heterocycles. The van der Waals surface area contributed by atoms with Gasteiger partial charge in [0.1, 0.15) is 17.6 Å². The molecule has 0 aliphatic carbocycles. The SMILES string of the molecule is Cc1ccsc1C(=O)OCc1cn2ccccc2c1C#N. The van der Waals surface area contributed by atoms with Crippen molar-refractivity contribution in [3.63, 3.8) is 0 Å². The van der Waals surface area contributed by atoms with E-state index in [-0.39, 0.29) is 12.6 Å². The zero-order valence-electron chi connectivity index (χ0n) is 11.4. The number of nitrogens with zero attached hydrogens (tertiary/aromatic N) is 2. The molecule has 0 radical (unpaired) electrons. The van der Waals surface area contributed by atoms with Crippen molar-refractivity contribution in [2.24, 2.45) is 0 Å². The second kappa shape index (κ2) is 5.43. The van der Waals surface area contributed by atoms with Crippen LogP contribution in [0.4, 0.5) is 0 Å². The standard InChI is InChI=1S/C16H12N2O2S/c1-11-5-7-21-15(11)16(19)20-10-12-9-18-6-3-2-4-14(18)13(12)8-17/h2-7,9H,10H2,1H3. The van der Waals surface area contributed by atoms with Crippen molar-refractivity contribution >= 4 is 22.8 Å². The highest BCUT2D eigenvalue weighted by Gasteiger charge is 2.15. The van der Waals surface area contributed by atoms with Crippen molar-refractivity contribution in [1.82, 2.24) is 4.40 Å². The Morgan fingerprint density at radius 2 is 2.29 bits per heavy atom. The number of aromatic nitrogens is 1. The van der Waals surface area contributed by atoms with Crippen LogP contribution in [0.2, 0.25) is 0 Å². The van der Waals surface area contributed by atoms with Crippen molar-refractivity contribution in [1.29, 1.82) is 5.26 Å². The fourth-order valence-corrected chi connectivity index (χ4v) is 3.02. The van der Waals surface area contributed by atoms with E-state index in [1.165, 1.54) is 11.3 Å². The smallest absolute Gasteiger partial charge is 0.348 e. The van der Waals surface area contributed by atoms with Crippen LogP contribution in [-0.4, -0.2) is 10.4 Å². The van der Waals surface area contributed by atoms with Crippen LogP contribution in [0.1, 0.15) is 26.4 Å². The number of fused-ring (bicyclic) bond motifs is 1.